The lowest BCUT2D eigenvalue weighted by atomic mass is 10.1. The van der Waals surface area contributed by atoms with E-state index in [1.807, 2.05) is 6.92 Å². The van der Waals surface area contributed by atoms with E-state index in [9.17, 15) is 19.5 Å². The molecule has 170 valence electrons. The zero-order valence-electron chi connectivity index (χ0n) is 18.7. The lowest BCUT2D eigenvalue weighted by Crippen LogP contribution is -2.55. The van der Waals surface area contributed by atoms with Crippen molar-refractivity contribution >= 4 is 17.9 Å². The molecule has 0 N–H and O–H groups in total. The molecule has 0 amide bonds. The van der Waals surface area contributed by atoms with Crippen LogP contribution in [0.3, 0.4) is 0 Å². The number of carboxylic acid groups (broad SMARTS) is 1. The van der Waals surface area contributed by atoms with Crippen LogP contribution in [0.5, 0.6) is 0 Å². The SMILES string of the molecule is CCCCCCC(=O)OC(COCCC(C(=O)[O-])[N+](C)(C)C)COC(=O)CCC. The van der Waals surface area contributed by atoms with E-state index < -0.39 is 18.1 Å². The Labute approximate surface area is 175 Å². The summed E-state index contributed by atoms with van der Waals surface area (Å²) in [4.78, 5) is 34.9. The van der Waals surface area contributed by atoms with Gasteiger partial charge in [-0.2, -0.15) is 0 Å². The second-order valence-electron chi connectivity index (χ2n) is 8.17. The van der Waals surface area contributed by atoms with Crippen LogP contribution in [0.1, 0.15) is 65.2 Å². The number of carbonyl (C=O) groups excluding carboxylic acids is 3. The van der Waals surface area contributed by atoms with E-state index in [0.29, 0.717) is 19.3 Å². The average molecular weight is 418 g/mol. The molecule has 0 rings (SSSR count). The summed E-state index contributed by atoms with van der Waals surface area (Å²) in [6, 6.07) is -0.711. The van der Waals surface area contributed by atoms with Crippen molar-refractivity contribution in [3.63, 3.8) is 0 Å². The number of ether oxygens (including phenoxy) is 3. The quantitative estimate of drug-likeness (QED) is 0.200. The molecule has 0 aliphatic heterocycles. The molecule has 0 aromatic rings. The molecule has 0 spiro atoms. The molecule has 0 aromatic heterocycles. The molecule has 0 saturated heterocycles. The molecule has 0 heterocycles. The van der Waals surface area contributed by atoms with E-state index in [1.165, 1.54) is 0 Å². The van der Waals surface area contributed by atoms with Crippen molar-refractivity contribution in [3.05, 3.63) is 0 Å². The maximum atomic E-state index is 12.0. The van der Waals surface area contributed by atoms with Gasteiger partial charge in [0.05, 0.1) is 40.3 Å². The van der Waals surface area contributed by atoms with Gasteiger partial charge in [0.1, 0.15) is 12.6 Å². The van der Waals surface area contributed by atoms with Crippen LogP contribution < -0.4 is 5.11 Å². The monoisotopic (exact) mass is 417 g/mol. The number of nitrogens with zero attached hydrogens (tertiary/aromatic N) is 1. The normalized spacial score (nSPS) is 13.6. The van der Waals surface area contributed by atoms with Crippen molar-refractivity contribution < 1.29 is 38.2 Å². The van der Waals surface area contributed by atoms with Crippen molar-refractivity contribution in [2.24, 2.45) is 0 Å². The summed E-state index contributed by atoms with van der Waals surface area (Å²) in [5.41, 5.74) is 0. The summed E-state index contributed by atoms with van der Waals surface area (Å²) >= 11 is 0. The van der Waals surface area contributed by atoms with Gasteiger partial charge in [-0.15, -0.1) is 0 Å². The minimum absolute atomic E-state index is 0.0387. The van der Waals surface area contributed by atoms with Crippen molar-refractivity contribution in [2.45, 2.75) is 77.4 Å². The van der Waals surface area contributed by atoms with Crippen molar-refractivity contribution in [2.75, 3.05) is 41.0 Å². The van der Waals surface area contributed by atoms with Crippen molar-refractivity contribution in [1.82, 2.24) is 0 Å². The van der Waals surface area contributed by atoms with Gasteiger partial charge in [-0.1, -0.05) is 33.1 Å². The van der Waals surface area contributed by atoms with Crippen molar-refractivity contribution in [3.8, 4) is 0 Å². The Morgan fingerprint density at radius 3 is 2.14 bits per heavy atom. The third-order valence-electron chi connectivity index (χ3n) is 4.46. The molecule has 0 saturated carbocycles. The Kier molecular flexibility index (Phi) is 14.3. The van der Waals surface area contributed by atoms with Crippen LogP contribution in [0, 0.1) is 0 Å². The number of unbranched alkanes of at least 4 members (excludes halogenated alkanes) is 3. The van der Waals surface area contributed by atoms with Crippen LogP contribution in [-0.4, -0.2) is 75.5 Å². The summed E-state index contributed by atoms with van der Waals surface area (Å²) in [6.45, 7) is 4.11. The highest BCUT2D eigenvalue weighted by Crippen LogP contribution is 2.09. The first kappa shape index (κ1) is 27.3. The number of hydrogen-bond donors (Lipinski definition) is 0. The standard InChI is InChI=1S/C21H39NO7/c1-6-8-9-10-12-20(24)29-17(16-28-19(23)11-7-2)15-27-14-13-18(21(25)26)22(3,4)5/h17-18H,6-16H2,1-5H3. The minimum atomic E-state index is -1.13. The van der Waals surface area contributed by atoms with Gasteiger partial charge in [0.25, 0.3) is 0 Å². The molecule has 8 nitrogen and oxygen atoms in total. The molecular weight excluding hydrogens is 378 g/mol. The molecule has 0 radical (unpaired) electrons. The predicted molar refractivity (Wildman–Crippen MR) is 107 cm³/mol. The summed E-state index contributed by atoms with van der Waals surface area (Å²) in [5, 5.41) is 11.3. The number of quaternary nitrogens is 1. The van der Waals surface area contributed by atoms with E-state index in [-0.39, 0.29) is 42.7 Å². The zero-order valence-corrected chi connectivity index (χ0v) is 18.7. The number of carboxylic acids is 1. The Hall–Kier alpha value is -1.67. The van der Waals surface area contributed by atoms with Gasteiger partial charge in [-0.3, -0.25) is 9.59 Å². The maximum absolute atomic E-state index is 12.0. The number of likely N-dealkylation sites (N-methyl/N-ethyl adjacent to an activating group) is 1. The van der Waals surface area contributed by atoms with E-state index in [1.54, 1.807) is 21.1 Å². The van der Waals surface area contributed by atoms with Crippen LogP contribution in [0.15, 0.2) is 0 Å². The number of carbonyl (C=O) groups is 3. The van der Waals surface area contributed by atoms with E-state index >= 15 is 0 Å². The Bertz CT molecular complexity index is 488. The molecule has 0 bridgehead atoms. The summed E-state index contributed by atoms with van der Waals surface area (Å²) in [5.74, 6) is -1.83. The van der Waals surface area contributed by atoms with E-state index in [4.69, 9.17) is 14.2 Å². The topological polar surface area (TPSA) is 102 Å². The highest BCUT2D eigenvalue weighted by Gasteiger charge is 2.25. The summed E-state index contributed by atoms with van der Waals surface area (Å²) in [7, 11) is 5.32. The smallest absolute Gasteiger partial charge is 0.306 e. The third-order valence-corrected chi connectivity index (χ3v) is 4.46. The van der Waals surface area contributed by atoms with Crippen LogP contribution in [0.25, 0.3) is 0 Å². The van der Waals surface area contributed by atoms with Gasteiger partial charge in [0.15, 0.2) is 6.10 Å². The lowest BCUT2D eigenvalue weighted by Gasteiger charge is -2.34. The predicted octanol–water partition coefficient (Wildman–Crippen LogP) is 1.44. The first-order valence-electron chi connectivity index (χ1n) is 10.6. The van der Waals surface area contributed by atoms with Crippen molar-refractivity contribution in [1.29, 1.82) is 0 Å². The summed E-state index contributed by atoms with van der Waals surface area (Å²) in [6.07, 6.45) is 4.72. The first-order chi connectivity index (χ1) is 13.6. The van der Waals surface area contributed by atoms with Crippen LogP contribution in [0.4, 0.5) is 0 Å². The van der Waals surface area contributed by atoms with Crippen LogP contribution in [0.2, 0.25) is 0 Å². The molecular formula is C21H39NO7. The van der Waals surface area contributed by atoms with Gasteiger partial charge in [-0.05, 0) is 12.8 Å². The molecule has 2 atom stereocenters. The number of rotatable bonds is 17. The fraction of sp³-hybridized carbons (Fsp3) is 0.857. The molecule has 0 fully saturated rings. The Morgan fingerprint density at radius 1 is 0.897 bits per heavy atom. The van der Waals surface area contributed by atoms with Crippen LogP contribution in [-0.2, 0) is 28.6 Å². The van der Waals surface area contributed by atoms with Crippen LogP contribution >= 0.6 is 0 Å². The second-order valence-corrected chi connectivity index (χ2v) is 8.17. The molecule has 0 aliphatic rings. The third kappa shape index (κ3) is 14.0. The average Bonchev–Trinajstić information content (AvgIpc) is 2.61. The van der Waals surface area contributed by atoms with Gasteiger partial charge >= 0.3 is 11.9 Å². The minimum Gasteiger partial charge on any atom is -0.544 e. The fourth-order valence-corrected chi connectivity index (χ4v) is 2.75. The Morgan fingerprint density at radius 2 is 1.59 bits per heavy atom. The van der Waals surface area contributed by atoms with E-state index in [0.717, 1.165) is 25.7 Å². The largest absolute Gasteiger partial charge is 0.544 e. The number of hydrogen-bond acceptors (Lipinski definition) is 7. The van der Waals surface area contributed by atoms with Gasteiger partial charge in [0.2, 0.25) is 0 Å². The molecule has 8 heteroatoms. The second kappa shape index (κ2) is 15.2. The molecule has 0 aliphatic carbocycles. The van der Waals surface area contributed by atoms with Gasteiger partial charge in [-0.25, -0.2) is 0 Å². The molecule has 2 unspecified atom stereocenters. The summed E-state index contributed by atoms with van der Waals surface area (Å²) < 4.78 is 16.3. The fourth-order valence-electron chi connectivity index (χ4n) is 2.75. The highest BCUT2D eigenvalue weighted by molar-refractivity contribution is 5.70. The highest BCUT2D eigenvalue weighted by atomic mass is 16.6. The molecule has 29 heavy (non-hydrogen) atoms. The number of aliphatic carboxylic acids is 1. The maximum Gasteiger partial charge on any atom is 0.306 e. The zero-order chi connectivity index (χ0) is 22.3. The van der Waals surface area contributed by atoms with Gasteiger partial charge < -0.3 is 28.6 Å². The Balaban J connectivity index is 4.54. The van der Waals surface area contributed by atoms with E-state index in [2.05, 4.69) is 6.92 Å². The number of esters is 2. The van der Waals surface area contributed by atoms with Gasteiger partial charge in [0, 0.05) is 19.3 Å². The lowest BCUT2D eigenvalue weighted by molar-refractivity contribution is -0.889. The molecule has 0 aromatic carbocycles. The first-order valence-corrected chi connectivity index (χ1v) is 10.6.